The molecule has 1 saturated heterocycles. The molecule has 1 unspecified atom stereocenters. The maximum absolute atomic E-state index is 12.6. The average Bonchev–Trinajstić information content (AvgIpc) is 3.18. The van der Waals surface area contributed by atoms with E-state index in [1.165, 1.54) is 17.7 Å². The minimum atomic E-state index is -0.0278. The second-order valence-corrected chi connectivity index (χ2v) is 7.90. The molecule has 1 aliphatic heterocycles. The molecule has 3 rings (SSSR count). The average molecular weight is 373 g/mol. The molecule has 0 aliphatic carbocycles. The van der Waals surface area contributed by atoms with Crippen LogP contribution in [0.1, 0.15) is 48.0 Å². The fraction of sp³-hybridized carbons (Fsp3) is 0.476. The van der Waals surface area contributed by atoms with E-state index in [-0.39, 0.29) is 11.9 Å². The first-order chi connectivity index (χ1) is 12.7. The molecule has 0 radical (unpaired) electrons. The monoisotopic (exact) mass is 372 g/mol. The summed E-state index contributed by atoms with van der Waals surface area (Å²) in [4.78, 5) is 16.4. The van der Waals surface area contributed by atoms with E-state index in [2.05, 4.69) is 34.7 Å². The fourth-order valence-electron chi connectivity index (χ4n) is 3.39. The van der Waals surface area contributed by atoms with Gasteiger partial charge in [0.1, 0.15) is 5.75 Å². The fourth-order valence-corrected chi connectivity index (χ4v) is 4.25. The lowest BCUT2D eigenvalue weighted by Crippen LogP contribution is -2.41. The number of ether oxygens (including phenoxy) is 1. The van der Waals surface area contributed by atoms with Gasteiger partial charge in [-0.05, 0) is 74.5 Å². The van der Waals surface area contributed by atoms with E-state index in [1.807, 2.05) is 31.2 Å². The number of thiophene rings is 1. The highest BCUT2D eigenvalue weighted by atomic mass is 32.1. The molecule has 2 heterocycles. The summed E-state index contributed by atoms with van der Waals surface area (Å²) in [5, 5.41) is 5.25. The number of likely N-dealkylation sites (tertiary alicyclic amines) is 1. The Kier molecular flexibility index (Phi) is 6.69. The van der Waals surface area contributed by atoms with Crippen LogP contribution < -0.4 is 10.1 Å². The van der Waals surface area contributed by atoms with Crippen molar-refractivity contribution in [3.8, 4) is 5.75 Å². The first-order valence-corrected chi connectivity index (χ1v) is 10.3. The van der Waals surface area contributed by atoms with Crippen LogP contribution in [-0.4, -0.2) is 37.0 Å². The van der Waals surface area contributed by atoms with Gasteiger partial charge in [0.2, 0.25) is 0 Å². The molecular weight excluding hydrogens is 344 g/mol. The molecule has 1 aromatic carbocycles. The van der Waals surface area contributed by atoms with E-state index in [9.17, 15) is 4.79 Å². The van der Waals surface area contributed by atoms with Crippen LogP contribution in [0, 0.1) is 5.92 Å². The number of rotatable bonds is 7. The van der Waals surface area contributed by atoms with Crippen LogP contribution in [0.4, 0.5) is 0 Å². The van der Waals surface area contributed by atoms with Crippen LogP contribution in [-0.2, 0) is 0 Å². The number of amides is 1. The zero-order valence-electron chi connectivity index (χ0n) is 15.6. The van der Waals surface area contributed by atoms with Gasteiger partial charge in [-0.1, -0.05) is 13.0 Å². The minimum Gasteiger partial charge on any atom is -0.494 e. The van der Waals surface area contributed by atoms with Crippen LogP contribution in [0.2, 0.25) is 0 Å². The molecule has 1 N–H and O–H groups in total. The van der Waals surface area contributed by atoms with Crippen molar-refractivity contribution in [2.24, 2.45) is 5.92 Å². The number of benzene rings is 1. The van der Waals surface area contributed by atoms with Crippen molar-refractivity contribution in [1.82, 2.24) is 10.2 Å². The van der Waals surface area contributed by atoms with Gasteiger partial charge in [0, 0.05) is 17.0 Å². The highest BCUT2D eigenvalue weighted by Crippen LogP contribution is 2.29. The molecule has 2 aromatic rings. The molecule has 0 saturated carbocycles. The molecule has 26 heavy (non-hydrogen) atoms. The molecular formula is C21H28N2O2S. The molecule has 5 heteroatoms. The van der Waals surface area contributed by atoms with Gasteiger partial charge in [0.05, 0.1) is 12.6 Å². The number of nitrogens with zero attached hydrogens (tertiary/aromatic N) is 1. The number of nitrogens with one attached hydrogen (secondary N) is 1. The Morgan fingerprint density at radius 2 is 2.00 bits per heavy atom. The first kappa shape index (κ1) is 18.9. The van der Waals surface area contributed by atoms with Crippen LogP contribution in [0.15, 0.2) is 41.8 Å². The van der Waals surface area contributed by atoms with E-state index in [4.69, 9.17) is 4.74 Å². The normalized spacial score (nSPS) is 17.0. The van der Waals surface area contributed by atoms with E-state index in [1.54, 1.807) is 11.3 Å². The Morgan fingerprint density at radius 1 is 1.27 bits per heavy atom. The number of carbonyl (C=O) groups excluding carboxylic acids is 1. The third-order valence-electron chi connectivity index (χ3n) is 5.01. The molecule has 1 atom stereocenters. The SMILES string of the molecule is CCOc1ccc(C(=O)NCC(c2cccs2)N2CCC(C)CC2)cc1. The minimum absolute atomic E-state index is 0.0278. The lowest BCUT2D eigenvalue weighted by Gasteiger charge is -2.36. The number of hydrogen-bond acceptors (Lipinski definition) is 4. The molecule has 1 fully saturated rings. The second-order valence-electron chi connectivity index (χ2n) is 6.92. The summed E-state index contributed by atoms with van der Waals surface area (Å²) in [5.74, 6) is 1.57. The van der Waals surface area contributed by atoms with Gasteiger partial charge in [-0.2, -0.15) is 0 Å². The zero-order chi connectivity index (χ0) is 18.4. The molecule has 1 aliphatic rings. The van der Waals surface area contributed by atoms with Crippen molar-refractivity contribution in [2.75, 3.05) is 26.2 Å². The lowest BCUT2D eigenvalue weighted by atomic mass is 9.97. The van der Waals surface area contributed by atoms with Gasteiger partial charge in [-0.25, -0.2) is 0 Å². The third-order valence-corrected chi connectivity index (χ3v) is 5.99. The van der Waals surface area contributed by atoms with Gasteiger partial charge in [0.15, 0.2) is 0 Å². The van der Waals surface area contributed by atoms with Gasteiger partial charge in [-0.15, -0.1) is 11.3 Å². The highest BCUT2D eigenvalue weighted by molar-refractivity contribution is 7.10. The summed E-state index contributed by atoms with van der Waals surface area (Å²) < 4.78 is 5.44. The molecule has 0 bridgehead atoms. The van der Waals surface area contributed by atoms with Gasteiger partial charge in [0.25, 0.3) is 5.91 Å². The Bertz CT molecular complexity index is 677. The van der Waals surface area contributed by atoms with Crippen molar-refractivity contribution < 1.29 is 9.53 Å². The Hall–Kier alpha value is -1.85. The van der Waals surface area contributed by atoms with Gasteiger partial charge < -0.3 is 10.1 Å². The molecule has 4 nitrogen and oxygen atoms in total. The maximum Gasteiger partial charge on any atom is 0.251 e. The summed E-state index contributed by atoms with van der Waals surface area (Å²) in [5.41, 5.74) is 0.672. The maximum atomic E-state index is 12.6. The first-order valence-electron chi connectivity index (χ1n) is 9.46. The molecule has 140 valence electrons. The van der Waals surface area contributed by atoms with Crippen LogP contribution in [0.3, 0.4) is 0 Å². The largest absolute Gasteiger partial charge is 0.494 e. The summed E-state index contributed by atoms with van der Waals surface area (Å²) in [6.07, 6.45) is 2.46. The third kappa shape index (κ3) is 4.86. The van der Waals surface area contributed by atoms with Crippen molar-refractivity contribution in [3.05, 3.63) is 52.2 Å². The topological polar surface area (TPSA) is 41.6 Å². The standard InChI is InChI=1S/C21H28N2O2S/c1-3-25-18-8-6-17(7-9-18)21(24)22-15-19(20-5-4-14-26-20)23-12-10-16(2)11-13-23/h4-9,14,16,19H,3,10-13,15H2,1-2H3,(H,22,24). The van der Waals surface area contributed by atoms with Crippen LogP contribution in [0.25, 0.3) is 0 Å². The Morgan fingerprint density at radius 3 is 2.62 bits per heavy atom. The predicted molar refractivity (Wildman–Crippen MR) is 107 cm³/mol. The highest BCUT2D eigenvalue weighted by Gasteiger charge is 2.25. The van der Waals surface area contributed by atoms with Crippen LogP contribution >= 0.6 is 11.3 Å². The van der Waals surface area contributed by atoms with Crippen molar-refractivity contribution >= 4 is 17.2 Å². The van der Waals surface area contributed by atoms with E-state index >= 15 is 0 Å². The summed E-state index contributed by atoms with van der Waals surface area (Å²) in [7, 11) is 0. The zero-order valence-corrected chi connectivity index (χ0v) is 16.4. The van der Waals surface area contributed by atoms with Crippen LogP contribution in [0.5, 0.6) is 5.75 Å². The van der Waals surface area contributed by atoms with E-state index in [0.717, 1.165) is 24.8 Å². The lowest BCUT2D eigenvalue weighted by molar-refractivity contribution is 0.0915. The summed E-state index contributed by atoms with van der Waals surface area (Å²) in [6, 6.07) is 11.9. The van der Waals surface area contributed by atoms with E-state index < -0.39 is 0 Å². The second kappa shape index (κ2) is 9.19. The number of piperidine rings is 1. The Balaban J connectivity index is 1.62. The Labute approximate surface area is 160 Å². The smallest absolute Gasteiger partial charge is 0.251 e. The van der Waals surface area contributed by atoms with Crippen molar-refractivity contribution in [2.45, 2.75) is 32.7 Å². The van der Waals surface area contributed by atoms with Crippen molar-refractivity contribution in [1.29, 1.82) is 0 Å². The molecule has 1 amide bonds. The van der Waals surface area contributed by atoms with Crippen molar-refractivity contribution in [3.63, 3.8) is 0 Å². The quantitative estimate of drug-likeness (QED) is 0.786. The number of hydrogen-bond donors (Lipinski definition) is 1. The van der Waals surface area contributed by atoms with Gasteiger partial charge >= 0.3 is 0 Å². The molecule has 1 aromatic heterocycles. The van der Waals surface area contributed by atoms with E-state index in [0.29, 0.717) is 18.7 Å². The summed E-state index contributed by atoms with van der Waals surface area (Å²) >= 11 is 1.77. The number of carbonyl (C=O) groups is 1. The van der Waals surface area contributed by atoms with Gasteiger partial charge in [-0.3, -0.25) is 9.69 Å². The molecule has 0 spiro atoms. The predicted octanol–water partition coefficient (Wildman–Crippen LogP) is 4.35. The summed E-state index contributed by atoms with van der Waals surface area (Å²) in [6.45, 7) is 7.74.